The molecule has 0 saturated carbocycles. The number of rotatable bonds is 8. The Morgan fingerprint density at radius 3 is 2.72 bits per heavy atom. The number of aliphatic imine (C=N–C) groups is 1. The van der Waals surface area contributed by atoms with E-state index < -0.39 is 10.0 Å². The molecule has 0 bridgehead atoms. The average Bonchev–Trinajstić information content (AvgIpc) is 3.17. The SMILES string of the molecule is CN=C(NCCNS(=O)(=O)c1cccs1)NCc1cccc(OC)c1. The number of nitrogens with zero attached hydrogens (tertiary/aromatic N) is 1. The molecule has 0 aliphatic heterocycles. The van der Waals surface area contributed by atoms with Crippen LogP contribution in [0.1, 0.15) is 5.56 Å². The molecule has 0 aliphatic carbocycles. The molecule has 9 heteroatoms. The molecule has 0 spiro atoms. The standard InChI is InChI=1S/C16H22N4O3S2/c1-17-16(19-12-13-5-3-6-14(11-13)23-2)18-8-9-20-25(21,22)15-7-4-10-24-15/h3-7,10-11,20H,8-9,12H2,1-2H3,(H2,17,18,19). The summed E-state index contributed by atoms with van der Waals surface area (Å²) in [5.41, 5.74) is 1.06. The van der Waals surface area contributed by atoms with Gasteiger partial charge in [-0.15, -0.1) is 11.3 Å². The predicted molar refractivity (Wildman–Crippen MR) is 101 cm³/mol. The van der Waals surface area contributed by atoms with Gasteiger partial charge in [-0.3, -0.25) is 4.99 Å². The smallest absolute Gasteiger partial charge is 0.250 e. The molecule has 2 aromatic rings. The van der Waals surface area contributed by atoms with Crippen molar-refractivity contribution < 1.29 is 13.2 Å². The number of nitrogens with one attached hydrogen (secondary N) is 3. The van der Waals surface area contributed by atoms with E-state index in [1.54, 1.807) is 31.7 Å². The second-order valence-electron chi connectivity index (χ2n) is 5.03. The van der Waals surface area contributed by atoms with Crippen molar-refractivity contribution in [1.29, 1.82) is 0 Å². The van der Waals surface area contributed by atoms with Crippen LogP contribution in [0.3, 0.4) is 0 Å². The van der Waals surface area contributed by atoms with Gasteiger partial charge in [0.05, 0.1) is 7.11 Å². The maximum Gasteiger partial charge on any atom is 0.250 e. The van der Waals surface area contributed by atoms with Crippen LogP contribution in [-0.4, -0.2) is 41.6 Å². The lowest BCUT2D eigenvalue weighted by molar-refractivity contribution is 0.414. The molecule has 0 amide bonds. The summed E-state index contributed by atoms with van der Waals surface area (Å²) in [6, 6.07) is 11.0. The summed E-state index contributed by atoms with van der Waals surface area (Å²) in [4.78, 5) is 4.12. The van der Waals surface area contributed by atoms with Gasteiger partial charge in [0.1, 0.15) is 9.96 Å². The number of thiophene rings is 1. The maximum atomic E-state index is 12.0. The summed E-state index contributed by atoms with van der Waals surface area (Å²) < 4.78 is 32.0. The van der Waals surface area contributed by atoms with E-state index >= 15 is 0 Å². The van der Waals surface area contributed by atoms with Gasteiger partial charge in [0.25, 0.3) is 0 Å². The van der Waals surface area contributed by atoms with Crippen molar-refractivity contribution in [1.82, 2.24) is 15.4 Å². The van der Waals surface area contributed by atoms with Gasteiger partial charge in [-0.1, -0.05) is 18.2 Å². The molecule has 0 fully saturated rings. The average molecular weight is 383 g/mol. The number of guanidine groups is 1. The van der Waals surface area contributed by atoms with Gasteiger partial charge >= 0.3 is 0 Å². The van der Waals surface area contributed by atoms with E-state index in [2.05, 4.69) is 20.3 Å². The Morgan fingerprint density at radius 1 is 1.20 bits per heavy atom. The van der Waals surface area contributed by atoms with E-state index in [1.165, 1.54) is 11.3 Å². The first-order valence-corrected chi connectivity index (χ1v) is 10.0. The van der Waals surface area contributed by atoms with E-state index in [0.29, 0.717) is 23.3 Å². The lowest BCUT2D eigenvalue weighted by Crippen LogP contribution is -2.41. The molecular formula is C16H22N4O3S2. The molecule has 0 atom stereocenters. The first-order valence-electron chi connectivity index (χ1n) is 7.66. The number of benzene rings is 1. The van der Waals surface area contributed by atoms with Crippen LogP contribution in [0.15, 0.2) is 51.0 Å². The highest BCUT2D eigenvalue weighted by Crippen LogP contribution is 2.14. The minimum absolute atomic E-state index is 0.264. The number of ether oxygens (including phenoxy) is 1. The summed E-state index contributed by atoms with van der Waals surface area (Å²) in [6.45, 7) is 1.26. The number of sulfonamides is 1. The van der Waals surface area contributed by atoms with Crippen LogP contribution in [-0.2, 0) is 16.6 Å². The van der Waals surface area contributed by atoms with Crippen LogP contribution in [0.2, 0.25) is 0 Å². The Kier molecular flexibility index (Phi) is 7.23. The predicted octanol–water partition coefficient (Wildman–Crippen LogP) is 1.40. The van der Waals surface area contributed by atoms with Crippen molar-refractivity contribution in [3.63, 3.8) is 0 Å². The van der Waals surface area contributed by atoms with Gasteiger partial charge in [-0.25, -0.2) is 13.1 Å². The first-order chi connectivity index (χ1) is 12.0. The summed E-state index contributed by atoms with van der Waals surface area (Å²) >= 11 is 1.19. The Bertz CT molecular complexity index is 789. The minimum Gasteiger partial charge on any atom is -0.497 e. The van der Waals surface area contributed by atoms with E-state index in [0.717, 1.165) is 11.3 Å². The quantitative estimate of drug-likeness (QED) is 0.365. The summed E-state index contributed by atoms with van der Waals surface area (Å²) in [5.74, 6) is 1.39. The van der Waals surface area contributed by atoms with Crippen molar-refractivity contribution in [3.8, 4) is 5.75 Å². The third kappa shape index (κ3) is 6.04. The summed E-state index contributed by atoms with van der Waals surface area (Å²) in [6.07, 6.45) is 0. The van der Waals surface area contributed by atoms with Crippen LogP contribution in [0, 0.1) is 0 Å². The lowest BCUT2D eigenvalue weighted by Gasteiger charge is -2.12. The molecule has 1 heterocycles. The highest BCUT2D eigenvalue weighted by atomic mass is 32.2. The summed E-state index contributed by atoms with van der Waals surface area (Å²) in [5, 5.41) is 7.97. The third-order valence-corrected chi connectivity index (χ3v) is 6.15. The second-order valence-corrected chi connectivity index (χ2v) is 7.98. The largest absolute Gasteiger partial charge is 0.497 e. The van der Waals surface area contributed by atoms with Crippen molar-refractivity contribution in [2.24, 2.45) is 4.99 Å². The molecule has 1 aromatic carbocycles. The minimum atomic E-state index is -3.43. The number of hydrogen-bond acceptors (Lipinski definition) is 5. The molecule has 7 nitrogen and oxygen atoms in total. The van der Waals surface area contributed by atoms with Crippen LogP contribution >= 0.6 is 11.3 Å². The Morgan fingerprint density at radius 2 is 2.04 bits per heavy atom. The zero-order valence-electron chi connectivity index (χ0n) is 14.2. The maximum absolute atomic E-state index is 12.0. The van der Waals surface area contributed by atoms with Crippen molar-refractivity contribution in [3.05, 3.63) is 47.3 Å². The third-order valence-electron chi connectivity index (χ3n) is 3.29. The van der Waals surface area contributed by atoms with Gasteiger partial charge in [0.15, 0.2) is 5.96 Å². The van der Waals surface area contributed by atoms with E-state index in [4.69, 9.17) is 4.74 Å². The van der Waals surface area contributed by atoms with Gasteiger partial charge in [-0.2, -0.15) is 0 Å². The fourth-order valence-corrected chi connectivity index (χ4v) is 4.11. The topological polar surface area (TPSA) is 91.8 Å². The van der Waals surface area contributed by atoms with Gasteiger partial charge in [-0.05, 0) is 29.1 Å². The first kappa shape index (κ1) is 19.2. The molecule has 0 radical (unpaired) electrons. The zero-order valence-corrected chi connectivity index (χ0v) is 15.8. The normalized spacial score (nSPS) is 12.0. The monoisotopic (exact) mass is 382 g/mol. The zero-order chi connectivity index (χ0) is 18.1. The van der Waals surface area contributed by atoms with Crippen LogP contribution < -0.4 is 20.1 Å². The fourth-order valence-electron chi connectivity index (χ4n) is 2.04. The highest BCUT2D eigenvalue weighted by Gasteiger charge is 2.13. The Labute approximate surface area is 152 Å². The summed E-state index contributed by atoms with van der Waals surface area (Å²) in [7, 11) is -0.138. The number of methoxy groups -OCH3 is 1. The second kappa shape index (κ2) is 9.40. The molecule has 2 rings (SSSR count). The van der Waals surface area contributed by atoms with Gasteiger partial charge in [0.2, 0.25) is 10.0 Å². The lowest BCUT2D eigenvalue weighted by atomic mass is 10.2. The van der Waals surface area contributed by atoms with E-state index in [9.17, 15) is 8.42 Å². The molecule has 3 N–H and O–H groups in total. The number of hydrogen-bond donors (Lipinski definition) is 3. The van der Waals surface area contributed by atoms with Crippen LogP contribution in [0.5, 0.6) is 5.75 Å². The Hall–Kier alpha value is -2.10. The molecule has 136 valence electrons. The highest BCUT2D eigenvalue weighted by molar-refractivity contribution is 7.91. The van der Waals surface area contributed by atoms with Crippen LogP contribution in [0.4, 0.5) is 0 Å². The van der Waals surface area contributed by atoms with E-state index in [1.807, 2.05) is 24.3 Å². The van der Waals surface area contributed by atoms with Crippen LogP contribution in [0.25, 0.3) is 0 Å². The molecule has 1 aromatic heterocycles. The fraction of sp³-hybridized carbons (Fsp3) is 0.312. The molecule has 0 aliphatic rings. The molecule has 25 heavy (non-hydrogen) atoms. The van der Waals surface area contributed by atoms with Gasteiger partial charge in [0, 0.05) is 26.7 Å². The van der Waals surface area contributed by atoms with Crippen molar-refractivity contribution >= 4 is 27.3 Å². The molecule has 0 saturated heterocycles. The van der Waals surface area contributed by atoms with Crippen molar-refractivity contribution in [2.45, 2.75) is 10.8 Å². The van der Waals surface area contributed by atoms with Crippen molar-refractivity contribution in [2.75, 3.05) is 27.2 Å². The molecular weight excluding hydrogens is 360 g/mol. The van der Waals surface area contributed by atoms with E-state index in [-0.39, 0.29) is 6.54 Å². The van der Waals surface area contributed by atoms with Gasteiger partial charge < -0.3 is 15.4 Å². The molecule has 0 unspecified atom stereocenters. The Balaban J connectivity index is 1.75.